The molecule has 3 rings (SSSR count). The fourth-order valence-corrected chi connectivity index (χ4v) is 3.06. The van der Waals surface area contributed by atoms with E-state index in [4.69, 9.17) is 4.74 Å². The first kappa shape index (κ1) is 17.5. The number of pyridine rings is 1. The number of methoxy groups -OCH3 is 1. The van der Waals surface area contributed by atoms with Gasteiger partial charge in [-0.25, -0.2) is 0 Å². The number of aromatic nitrogens is 4. The lowest BCUT2D eigenvalue weighted by Gasteiger charge is -2.35. The van der Waals surface area contributed by atoms with E-state index >= 15 is 0 Å². The maximum atomic E-state index is 13.2. The number of rotatable bonds is 6. The number of hydrogen-bond acceptors (Lipinski definition) is 6. The van der Waals surface area contributed by atoms with Crippen molar-refractivity contribution in [3.63, 3.8) is 0 Å². The lowest BCUT2D eigenvalue weighted by Crippen LogP contribution is -2.52. The monoisotopic (exact) mass is 344 g/mol. The number of nitrogens with zero attached hydrogens (tertiary/aromatic N) is 6. The van der Waals surface area contributed by atoms with E-state index in [0.29, 0.717) is 32.8 Å². The minimum absolute atomic E-state index is 0.0731. The number of aryl methyl sites for hydroxylation is 1. The molecule has 1 amide bonds. The smallest absolute Gasteiger partial charge is 0.242 e. The van der Waals surface area contributed by atoms with Gasteiger partial charge in [0.25, 0.3) is 0 Å². The van der Waals surface area contributed by atoms with Crippen LogP contribution in [-0.2, 0) is 29.2 Å². The zero-order chi connectivity index (χ0) is 17.8. The Morgan fingerprint density at radius 1 is 1.40 bits per heavy atom. The van der Waals surface area contributed by atoms with Crippen molar-refractivity contribution in [3.8, 4) is 0 Å². The molecule has 1 atom stereocenters. The SMILES string of the molecule is COCCN(Cc1ccccn1)C(=O)C1Cn2c(C)nnc2CN1C. The predicted octanol–water partition coefficient (Wildman–Crippen LogP) is 0.471. The summed E-state index contributed by atoms with van der Waals surface area (Å²) in [6.45, 7) is 4.59. The Bertz CT molecular complexity index is 717. The van der Waals surface area contributed by atoms with Crippen LogP contribution < -0.4 is 0 Å². The second kappa shape index (κ2) is 7.71. The molecule has 2 aromatic rings. The normalized spacial score (nSPS) is 17.3. The Kier molecular flexibility index (Phi) is 5.40. The highest BCUT2D eigenvalue weighted by molar-refractivity contribution is 5.82. The van der Waals surface area contributed by atoms with E-state index in [1.54, 1.807) is 13.3 Å². The van der Waals surface area contributed by atoms with Crippen LogP contribution in [-0.4, -0.2) is 68.8 Å². The van der Waals surface area contributed by atoms with E-state index in [1.165, 1.54) is 0 Å². The van der Waals surface area contributed by atoms with E-state index in [0.717, 1.165) is 17.3 Å². The third-order valence-electron chi connectivity index (χ3n) is 4.53. The summed E-state index contributed by atoms with van der Waals surface area (Å²) in [5.74, 6) is 1.82. The topological polar surface area (TPSA) is 76.4 Å². The van der Waals surface area contributed by atoms with Gasteiger partial charge in [0.05, 0.1) is 31.9 Å². The Morgan fingerprint density at radius 3 is 2.96 bits per heavy atom. The summed E-state index contributed by atoms with van der Waals surface area (Å²) >= 11 is 0. The average molecular weight is 344 g/mol. The van der Waals surface area contributed by atoms with Crippen LogP contribution >= 0.6 is 0 Å². The van der Waals surface area contributed by atoms with Gasteiger partial charge in [0.1, 0.15) is 17.7 Å². The van der Waals surface area contributed by atoms with E-state index in [2.05, 4.69) is 15.2 Å². The van der Waals surface area contributed by atoms with Gasteiger partial charge in [-0.3, -0.25) is 14.7 Å². The molecule has 8 nitrogen and oxygen atoms in total. The van der Waals surface area contributed by atoms with E-state index < -0.39 is 0 Å². The summed E-state index contributed by atoms with van der Waals surface area (Å²) < 4.78 is 7.21. The molecule has 0 saturated heterocycles. The van der Waals surface area contributed by atoms with E-state index in [1.807, 2.05) is 46.5 Å². The Balaban J connectivity index is 1.78. The molecule has 1 aliphatic heterocycles. The van der Waals surface area contributed by atoms with Gasteiger partial charge in [0.2, 0.25) is 5.91 Å². The number of likely N-dealkylation sites (N-methyl/N-ethyl adjacent to an activating group) is 1. The molecule has 25 heavy (non-hydrogen) atoms. The molecular weight excluding hydrogens is 320 g/mol. The third-order valence-corrected chi connectivity index (χ3v) is 4.53. The first-order valence-corrected chi connectivity index (χ1v) is 8.36. The van der Waals surface area contributed by atoms with Crippen LogP contribution in [0.25, 0.3) is 0 Å². The second-order valence-electron chi connectivity index (χ2n) is 6.28. The van der Waals surface area contributed by atoms with Gasteiger partial charge >= 0.3 is 0 Å². The fourth-order valence-electron chi connectivity index (χ4n) is 3.06. The van der Waals surface area contributed by atoms with Gasteiger partial charge in [-0.15, -0.1) is 10.2 Å². The zero-order valence-electron chi connectivity index (χ0n) is 14.9. The third kappa shape index (κ3) is 3.85. The van der Waals surface area contributed by atoms with Gasteiger partial charge in [0.15, 0.2) is 0 Å². The zero-order valence-corrected chi connectivity index (χ0v) is 14.9. The first-order chi connectivity index (χ1) is 12.1. The summed E-state index contributed by atoms with van der Waals surface area (Å²) in [7, 11) is 3.59. The van der Waals surface area contributed by atoms with Gasteiger partial charge in [0, 0.05) is 19.9 Å². The molecule has 0 aliphatic carbocycles. The number of carbonyl (C=O) groups is 1. The molecule has 0 bridgehead atoms. The van der Waals surface area contributed by atoms with Crippen molar-refractivity contribution < 1.29 is 9.53 Å². The molecule has 0 fully saturated rings. The van der Waals surface area contributed by atoms with Crippen LogP contribution in [0.2, 0.25) is 0 Å². The molecule has 0 aromatic carbocycles. The molecule has 8 heteroatoms. The summed E-state index contributed by atoms with van der Waals surface area (Å²) in [4.78, 5) is 21.4. The molecule has 0 radical (unpaired) electrons. The Hall–Kier alpha value is -2.32. The van der Waals surface area contributed by atoms with Crippen molar-refractivity contribution in [3.05, 3.63) is 41.7 Å². The summed E-state index contributed by atoms with van der Waals surface area (Å²) in [6, 6.07) is 5.49. The lowest BCUT2D eigenvalue weighted by molar-refractivity contribution is -0.139. The van der Waals surface area contributed by atoms with E-state index in [9.17, 15) is 4.79 Å². The lowest BCUT2D eigenvalue weighted by atomic mass is 10.1. The molecule has 134 valence electrons. The number of fused-ring (bicyclic) bond motifs is 1. The van der Waals surface area contributed by atoms with Crippen LogP contribution in [0.15, 0.2) is 24.4 Å². The molecular formula is C17H24N6O2. The minimum atomic E-state index is -0.247. The summed E-state index contributed by atoms with van der Waals surface area (Å²) in [5, 5.41) is 8.30. The highest BCUT2D eigenvalue weighted by Gasteiger charge is 2.33. The molecule has 0 saturated carbocycles. The maximum absolute atomic E-state index is 13.2. The minimum Gasteiger partial charge on any atom is -0.383 e. The molecule has 1 unspecified atom stereocenters. The number of hydrogen-bond donors (Lipinski definition) is 0. The molecule has 2 aromatic heterocycles. The van der Waals surface area contributed by atoms with Crippen molar-refractivity contribution in [1.82, 2.24) is 29.5 Å². The van der Waals surface area contributed by atoms with Crippen LogP contribution in [0.4, 0.5) is 0 Å². The van der Waals surface area contributed by atoms with Crippen LogP contribution in [0.5, 0.6) is 0 Å². The average Bonchev–Trinajstić information content (AvgIpc) is 2.98. The van der Waals surface area contributed by atoms with Crippen molar-refractivity contribution in [1.29, 1.82) is 0 Å². The molecule has 0 N–H and O–H groups in total. The van der Waals surface area contributed by atoms with Crippen LogP contribution in [0.1, 0.15) is 17.3 Å². The number of amides is 1. The Morgan fingerprint density at radius 2 is 2.24 bits per heavy atom. The van der Waals surface area contributed by atoms with Gasteiger partial charge in [-0.1, -0.05) is 6.07 Å². The van der Waals surface area contributed by atoms with Crippen molar-refractivity contribution >= 4 is 5.91 Å². The van der Waals surface area contributed by atoms with E-state index in [-0.39, 0.29) is 11.9 Å². The van der Waals surface area contributed by atoms with Crippen LogP contribution in [0.3, 0.4) is 0 Å². The quantitative estimate of drug-likeness (QED) is 0.758. The van der Waals surface area contributed by atoms with Crippen molar-refractivity contribution in [2.75, 3.05) is 27.3 Å². The molecule has 0 spiro atoms. The van der Waals surface area contributed by atoms with Gasteiger partial charge < -0.3 is 14.2 Å². The molecule has 1 aliphatic rings. The Labute approximate surface area is 147 Å². The van der Waals surface area contributed by atoms with Crippen molar-refractivity contribution in [2.24, 2.45) is 0 Å². The largest absolute Gasteiger partial charge is 0.383 e. The highest BCUT2D eigenvalue weighted by atomic mass is 16.5. The number of ether oxygens (including phenoxy) is 1. The standard InChI is InChI=1S/C17H24N6O2/c1-13-19-20-16-12-21(2)15(11-23(13)16)17(24)22(8-9-25-3)10-14-6-4-5-7-18-14/h4-7,15H,8-12H2,1-3H3. The van der Waals surface area contributed by atoms with Crippen LogP contribution in [0, 0.1) is 6.92 Å². The van der Waals surface area contributed by atoms with Crippen molar-refractivity contribution in [2.45, 2.75) is 32.6 Å². The van der Waals surface area contributed by atoms with Gasteiger partial charge in [-0.2, -0.15) is 0 Å². The first-order valence-electron chi connectivity index (χ1n) is 8.36. The fraction of sp³-hybridized carbons (Fsp3) is 0.529. The summed E-state index contributed by atoms with van der Waals surface area (Å²) in [5.41, 5.74) is 0.867. The highest BCUT2D eigenvalue weighted by Crippen LogP contribution is 2.18. The second-order valence-corrected chi connectivity index (χ2v) is 6.28. The predicted molar refractivity (Wildman–Crippen MR) is 91.5 cm³/mol. The molecule has 3 heterocycles. The maximum Gasteiger partial charge on any atom is 0.242 e. The van der Waals surface area contributed by atoms with Gasteiger partial charge in [-0.05, 0) is 26.1 Å². The summed E-state index contributed by atoms with van der Waals surface area (Å²) in [6.07, 6.45) is 1.74. The number of carbonyl (C=O) groups excluding carboxylic acids is 1.